The topological polar surface area (TPSA) is 93.1 Å². The van der Waals surface area contributed by atoms with Gasteiger partial charge in [-0.25, -0.2) is 9.59 Å². The molecule has 0 amide bonds. The first kappa shape index (κ1) is 21.9. The fraction of sp³-hybridized carbons (Fsp3) is 0.176. The van der Waals surface area contributed by atoms with E-state index in [0.717, 1.165) is 0 Å². The number of aliphatic carboxylic acids is 2. The summed E-state index contributed by atoms with van der Waals surface area (Å²) in [6, 6.07) is 4.73. The second-order valence-electron chi connectivity index (χ2n) is 5.48. The lowest BCUT2D eigenvalue weighted by Crippen LogP contribution is -2.56. The lowest BCUT2D eigenvalue weighted by Gasteiger charge is -2.26. The van der Waals surface area contributed by atoms with Gasteiger partial charge in [0.15, 0.2) is 0 Å². The van der Waals surface area contributed by atoms with Crippen molar-refractivity contribution in [2.24, 2.45) is 0 Å². The van der Waals surface area contributed by atoms with Crippen molar-refractivity contribution in [2.45, 2.75) is 18.1 Å². The summed E-state index contributed by atoms with van der Waals surface area (Å²) >= 11 is 0. The smallest absolute Gasteiger partial charge is 0.452 e. The number of hydrogen-bond donors (Lipinski definition) is 2. The van der Waals surface area contributed by atoms with Gasteiger partial charge in [-0.3, -0.25) is 0 Å². The number of halogens is 6. The number of ether oxygens (including phenoxy) is 2. The Labute approximate surface area is 157 Å². The molecule has 12 heteroatoms. The zero-order valence-corrected chi connectivity index (χ0v) is 13.9. The number of hydrogen-bond acceptors (Lipinski definition) is 4. The van der Waals surface area contributed by atoms with Crippen LogP contribution in [-0.2, 0) is 21.9 Å². The zero-order chi connectivity index (χ0) is 22.0. The van der Waals surface area contributed by atoms with Gasteiger partial charge in [0.1, 0.15) is 11.5 Å². The fourth-order valence-corrected chi connectivity index (χ4v) is 2.04. The molecule has 0 atom stereocenters. The van der Waals surface area contributed by atoms with E-state index in [4.69, 9.17) is 9.47 Å². The molecule has 0 bridgehead atoms. The molecule has 2 N–H and O–H groups in total. The highest BCUT2D eigenvalue weighted by Gasteiger charge is 2.54. The fourth-order valence-electron chi connectivity index (χ4n) is 2.04. The van der Waals surface area contributed by atoms with Gasteiger partial charge >= 0.3 is 30.1 Å². The van der Waals surface area contributed by atoms with Crippen molar-refractivity contribution in [2.75, 3.05) is 0 Å². The maximum Gasteiger partial charge on any atom is 0.452 e. The van der Waals surface area contributed by atoms with E-state index in [1.165, 1.54) is 0 Å². The Morgan fingerprint density at radius 3 is 1.10 bits per heavy atom. The summed E-state index contributed by atoms with van der Waals surface area (Å²) in [5.74, 6) is -9.08. The van der Waals surface area contributed by atoms with Crippen molar-refractivity contribution in [3.05, 3.63) is 59.7 Å². The molecule has 0 saturated heterocycles. The van der Waals surface area contributed by atoms with Gasteiger partial charge in [0.25, 0.3) is 0 Å². The van der Waals surface area contributed by atoms with Gasteiger partial charge in [-0.1, -0.05) is 0 Å². The van der Waals surface area contributed by atoms with Crippen molar-refractivity contribution in [3.8, 4) is 11.5 Å². The van der Waals surface area contributed by atoms with Crippen LogP contribution in [-0.4, -0.2) is 27.9 Å². The lowest BCUT2D eigenvalue weighted by molar-refractivity contribution is -0.202. The summed E-state index contributed by atoms with van der Waals surface area (Å²) in [5.41, 5.74) is -2.21. The first-order chi connectivity index (χ1) is 13.3. The third-order valence-corrected chi connectivity index (χ3v) is 3.45. The standard InChI is InChI=1S/C17H10F6O6/c18-16(19,20)9-1-5-11(6-2-9)28-15(13(24)25,14(26)27)29-12-7-3-10(4-8-12)17(21,22)23/h1-8H,(H,24,25)(H,26,27). The van der Waals surface area contributed by atoms with Gasteiger partial charge in [0.2, 0.25) is 0 Å². The molecule has 2 rings (SSSR count). The maximum atomic E-state index is 12.6. The van der Waals surface area contributed by atoms with E-state index in [9.17, 15) is 46.1 Å². The van der Waals surface area contributed by atoms with E-state index in [2.05, 4.69) is 0 Å². The SMILES string of the molecule is O=C(O)C(Oc1ccc(C(F)(F)F)cc1)(Oc1ccc(C(F)(F)F)cc1)C(=O)O. The molecule has 0 heterocycles. The van der Waals surface area contributed by atoms with Crippen molar-refractivity contribution in [1.82, 2.24) is 0 Å². The molecule has 0 aliphatic heterocycles. The Morgan fingerprint density at radius 1 is 0.621 bits per heavy atom. The normalized spacial score (nSPS) is 12.3. The average molecular weight is 424 g/mol. The zero-order valence-electron chi connectivity index (χ0n) is 13.9. The second kappa shape index (κ2) is 7.53. The molecular weight excluding hydrogens is 414 g/mol. The van der Waals surface area contributed by atoms with Crippen LogP contribution in [0.4, 0.5) is 26.3 Å². The minimum atomic E-state index is -4.70. The highest BCUT2D eigenvalue weighted by Crippen LogP contribution is 2.33. The Morgan fingerprint density at radius 2 is 0.897 bits per heavy atom. The molecule has 29 heavy (non-hydrogen) atoms. The molecule has 0 radical (unpaired) electrons. The first-order valence-corrected chi connectivity index (χ1v) is 7.45. The summed E-state index contributed by atoms with van der Waals surface area (Å²) in [5, 5.41) is 18.6. The largest absolute Gasteiger partial charge is 0.475 e. The van der Waals surface area contributed by atoms with Crippen molar-refractivity contribution in [3.63, 3.8) is 0 Å². The summed E-state index contributed by atoms with van der Waals surface area (Å²) in [7, 11) is 0. The van der Waals surface area contributed by atoms with Gasteiger partial charge in [-0.15, -0.1) is 0 Å². The number of carbonyl (C=O) groups is 2. The third-order valence-electron chi connectivity index (χ3n) is 3.45. The van der Waals surface area contributed by atoms with Gasteiger partial charge < -0.3 is 19.7 Å². The van der Waals surface area contributed by atoms with Crippen LogP contribution < -0.4 is 9.47 Å². The number of carboxylic acid groups (broad SMARTS) is 2. The molecular formula is C17H10F6O6. The van der Waals surface area contributed by atoms with E-state index in [1.807, 2.05) is 0 Å². The Kier molecular flexibility index (Phi) is 5.67. The molecule has 0 aliphatic carbocycles. The van der Waals surface area contributed by atoms with Crippen LogP contribution in [0.5, 0.6) is 11.5 Å². The van der Waals surface area contributed by atoms with Gasteiger partial charge in [0.05, 0.1) is 11.1 Å². The van der Waals surface area contributed by atoms with Gasteiger partial charge in [-0.05, 0) is 48.5 Å². The average Bonchev–Trinajstić information content (AvgIpc) is 2.60. The van der Waals surface area contributed by atoms with Crippen LogP contribution in [0.2, 0.25) is 0 Å². The molecule has 6 nitrogen and oxygen atoms in total. The summed E-state index contributed by atoms with van der Waals surface area (Å²) in [4.78, 5) is 23.1. The van der Waals surface area contributed by atoms with Crippen LogP contribution in [0.25, 0.3) is 0 Å². The molecule has 2 aromatic rings. The van der Waals surface area contributed by atoms with E-state index in [0.29, 0.717) is 48.5 Å². The number of carboxylic acids is 2. The van der Waals surface area contributed by atoms with Crippen LogP contribution >= 0.6 is 0 Å². The molecule has 0 aromatic heterocycles. The van der Waals surface area contributed by atoms with Crippen molar-refractivity contribution < 1.29 is 55.6 Å². The molecule has 156 valence electrons. The molecule has 0 fully saturated rings. The summed E-state index contributed by atoms with van der Waals surface area (Å²) in [6.45, 7) is 0. The quantitative estimate of drug-likeness (QED) is 0.413. The van der Waals surface area contributed by atoms with E-state index in [1.54, 1.807) is 0 Å². The van der Waals surface area contributed by atoms with E-state index >= 15 is 0 Å². The summed E-state index contributed by atoms with van der Waals surface area (Å²) < 4.78 is 85.1. The Hall–Kier alpha value is -3.44. The monoisotopic (exact) mass is 424 g/mol. The van der Waals surface area contributed by atoms with E-state index in [-0.39, 0.29) is 0 Å². The predicted octanol–water partition coefficient (Wildman–Crippen LogP) is 4.05. The Bertz CT molecular complexity index is 811. The Balaban J connectivity index is 2.36. The molecule has 0 unspecified atom stereocenters. The highest BCUT2D eigenvalue weighted by atomic mass is 19.4. The predicted molar refractivity (Wildman–Crippen MR) is 82.1 cm³/mol. The second-order valence-corrected chi connectivity index (χ2v) is 5.48. The van der Waals surface area contributed by atoms with Gasteiger partial charge in [0, 0.05) is 0 Å². The molecule has 0 spiro atoms. The third kappa shape index (κ3) is 4.89. The van der Waals surface area contributed by atoms with E-state index < -0.39 is 52.7 Å². The molecule has 2 aromatic carbocycles. The molecule has 0 saturated carbocycles. The lowest BCUT2D eigenvalue weighted by atomic mass is 10.2. The van der Waals surface area contributed by atoms with Crippen LogP contribution in [0.3, 0.4) is 0 Å². The van der Waals surface area contributed by atoms with Crippen molar-refractivity contribution in [1.29, 1.82) is 0 Å². The van der Waals surface area contributed by atoms with Crippen molar-refractivity contribution >= 4 is 11.9 Å². The maximum absolute atomic E-state index is 12.6. The highest BCUT2D eigenvalue weighted by molar-refractivity contribution is 6.00. The number of rotatable bonds is 6. The molecule has 0 aliphatic rings. The summed E-state index contributed by atoms with van der Waals surface area (Å²) in [6.07, 6.45) is -9.40. The van der Waals surface area contributed by atoms with Gasteiger partial charge in [-0.2, -0.15) is 26.3 Å². The van der Waals surface area contributed by atoms with Crippen LogP contribution in [0.1, 0.15) is 11.1 Å². The van der Waals surface area contributed by atoms with Crippen LogP contribution in [0.15, 0.2) is 48.5 Å². The minimum Gasteiger partial charge on any atom is -0.475 e. The van der Waals surface area contributed by atoms with Crippen LogP contribution in [0, 0.1) is 0 Å². The number of benzene rings is 2. The minimum absolute atomic E-state index is 0.516. The first-order valence-electron chi connectivity index (χ1n) is 7.45. The number of alkyl halides is 6.